The first-order valence-electron chi connectivity index (χ1n) is 10.9. The number of esters is 2. The third-order valence-electron chi connectivity index (χ3n) is 5.91. The number of carbonyl (C=O) groups excluding carboxylic acids is 2. The summed E-state index contributed by atoms with van der Waals surface area (Å²) in [5.74, 6) is 0.180. The van der Waals surface area contributed by atoms with Gasteiger partial charge in [0.1, 0.15) is 0 Å². The van der Waals surface area contributed by atoms with Gasteiger partial charge in [0.15, 0.2) is 0 Å². The lowest BCUT2D eigenvalue weighted by Crippen LogP contribution is -2.38. The third-order valence-corrected chi connectivity index (χ3v) is 5.91. The van der Waals surface area contributed by atoms with Crippen molar-refractivity contribution < 1.29 is 19.1 Å². The van der Waals surface area contributed by atoms with Gasteiger partial charge in [-0.2, -0.15) is 0 Å². The molecule has 0 saturated heterocycles. The molecule has 2 saturated carbocycles. The molecule has 2 fully saturated rings. The molecule has 0 radical (unpaired) electrons. The quantitative estimate of drug-likeness (QED) is 0.447. The lowest BCUT2D eigenvalue weighted by Gasteiger charge is -2.29. The molecule has 0 heterocycles. The average molecular weight is 383 g/mol. The van der Waals surface area contributed by atoms with Crippen molar-refractivity contribution in [3.8, 4) is 0 Å². The van der Waals surface area contributed by atoms with Crippen LogP contribution in [0.5, 0.6) is 0 Å². The Morgan fingerprint density at radius 2 is 1.07 bits per heavy atom. The minimum atomic E-state index is -0.0159. The molecular formula is C21H38N2O4. The average Bonchev–Trinajstić information content (AvgIpc) is 2.69. The van der Waals surface area contributed by atoms with E-state index in [1.54, 1.807) is 0 Å². The van der Waals surface area contributed by atoms with Gasteiger partial charge in [0.25, 0.3) is 0 Å². The molecule has 0 unspecified atom stereocenters. The molecule has 0 spiro atoms. The van der Waals surface area contributed by atoms with Crippen LogP contribution in [0.3, 0.4) is 0 Å². The van der Waals surface area contributed by atoms with Crippen LogP contribution in [0.2, 0.25) is 0 Å². The summed E-state index contributed by atoms with van der Waals surface area (Å²) in [5, 5.41) is 7.27. The summed E-state index contributed by atoms with van der Waals surface area (Å²) < 4.78 is 10.3. The molecule has 0 aliphatic heterocycles. The number of hydrogen-bond acceptors (Lipinski definition) is 6. The van der Waals surface area contributed by atoms with Crippen LogP contribution in [0.25, 0.3) is 0 Å². The summed E-state index contributed by atoms with van der Waals surface area (Å²) in [4.78, 5) is 23.5. The van der Waals surface area contributed by atoms with Gasteiger partial charge >= 0.3 is 11.9 Å². The molecule has 0 amide bonds. The Hall–Kier alpha value is -1.14. The topological polar surface area (TPSA) is 76.7 Å². The lowest BCUT2D eigenvalue weighted by atomic mass is 9.86. The van der Waals surface area contributed by atoms with Crippen molar-refractivity contribution in [1.82, 2.24) is 10.6 Å². The van der Waals surface area contributed by atoms with Gasteiger partial charge in [-0.25, -0.2) is 0 Å². The third kappa shape index (κ3) is 7.78. The maximum atomic E-state index is 11.8. The number of ether oxygens (including phenoxy) is 2. The Balaban J connectivity index is 1.48. The van der Waals surface area contributed by atoms with Gasteiger partial charge in [-0.15, -0.1) is 0 Å². The van der Waals surface area contributed by atoms with Gasteiger partial charge in [0.05, 0.1) is 25.0 Å². The van der Waals surface area contributed by atoms with Crippen LogP contribution in [0, 0.1) is 11.8 Å². The van der Waals surface area contributed by atoms with Gasteiger partial charge < -0.3 is 20.1 Å². The molecule has 6 heteroatoms. The molecule has 0 aromatic rings. The van der Waals surface area contributed by atoms with Gasteiger partial charge in [-0.3, -0.25) is 9.59 Å². The molecule has 2 N–H and O–H groups in total. The number of nitrogens with one attached hydrogen (secondary N) is 2. The number of carbonyl (C=O) groups is 2. The molecular weight excluding hydrogens is 344 g/mol. The zero-order chi connectivity index (χ0) is 19.5. The molecule has 6 nitrogen and oxygen atoms in total. The predicted molar refractivity (Wildman–Crippen MR) is 105 cm³/mol. The highest BCUT2D eigenvalue weighted by atomic mass is 16.5. The summed E-state index contributed by atoms with van der Waals surface area (Å²) in [6, 6.07) is 1.08. The van der Waals surface area contributed by atoms with Crippen molar-refractivity contribution in [3.63, 3.8) is 0 Å². The van der Waals surface area contributed by atoms with Crippen molar-refractivity contribution in [2.24, 2.45) is 11.8 Å². The Morgan fingerprint density at radius 1 is 0.704 bits per heavy atom. The highest BCUT2D eigenvalue weighted by molar-refractivity contribution is 5.72. The van der Waals surface area contributed by atoms with E-state index >= 15 is 0 Å². The summed E-state index contributed by atoms with van der Waals surface area (Å²) in [6.07, 6.45) is 9.14. The van der Waals surface area contributed by atoms with E-state index in [2.05, 4.69) is 10.6 Å². The molecule has 0 atom stereocenters. The highest BCUT2D eigenvalue weighted by Gasteiger charge is 2.28. The molecule has 156 valence electrons. The molecule has 2 aliphatic carbocycles. The first-order chi connectivity index (χ1) is 13.1. The lowest BCUT2D eigenvalue weighted by molar-refractivity contribution is -0.150. The molecule has 0 aromatic heterocycles. The minimum Gasteiger partial charge on any atom is -0.466 e. The second-order valence-corrected chi connectivity index (χ2v) is 7.86. The van der Waals surface area contributed by atoms with E-state index in [4.69, 9.17) is 9.47 Å². The number of rotatable bonds is 10. The molecule has 2 aliphatic rings. The van der Waals surface area contributed by atoms with E-state index in [1.807, 2.05) is 13.8 Å². The van der Waals surface area contributed by atoms with Gasteiger partial charge in [-0.05, 0) is 84.7 Å². The summed E-state index contributed by atoms with van der Waals surface area (Å²) in [7, 11) is 0. The van der Waals surface area contributed by atoms with Crippen molar-refractivity contribution in [3.05, 3.63) is 0 Å². The fourth-order valence-electron chi connectivity index (χ4n) is 4.29. The van der Waals surface area contributed by atoms with E-state index < -0.39 is 0 Å². The van der Waals surface area contributed by atoms with Crippen LogP contribution in [0.1, 0.15) is 71.6 Å². The predicted octanol–water partition coefficient (Wildman–Crippen LogP) is 2.80. The Kier molecular flexibility index (Phi) is 10.1. The second-order valence-electron chi connectivity index (χ2n) is 7.86. The molecule has 0 bridgehead atoms. The zero-order valence-corrected chi connectivity index (χ0v) is 17.1. The van der Waals surface area contributed by atoms with Gasteiger partial charge in [-0.1, -0.05) is 0 Å². The van der Waals surface area contributed by atoms with Crippen molar-refractivity contribution in [2.75, 3.05) is 26.3 Å². The smallest absolute Gasteiger partial charge is 0.308 e. The standard InChI is InChI=1S/C21H38N2O4/c1-3-26-20(24)16-6-10-18(11-7-16)22-14-5-15-23-19-12-8-17(9-13-19)21(25)27-4-2/h16-19,22-23H,3-15H2,1-2H3. The molecule has 2 rings (SSSR count). The number of hydrogen-bond donors (Lipinski definition) is 2. The highest BCUT2D eigenvalue weighted by Crippen LogP contribution is 2.26. The Morgan fingerprint density at radius 3 is 1.41 bits per heavy atom. The van der Waals surface area contributed by atoms with Crippen LogP contribution in [0.4, 0.5) is 0 Å². The molecule has 0 aromatic carbocycles. The SMILES string of the molecule is CCOC(=O)C1CCC(NCCCNC2CCC(C(=O)OCC)CC2)CC1. The summed E-state index contributed by atoms with van der Waals surface area (Å²) in [6.45, 7) is 6.72. The van der Waals surface area contributed by atoms with Crippen molar-refractivity contribution >= 4 is 11.9 Å². The fraction of sp³-hybridized carbons (Fsp3) is 0.905. The van der Waals surface area contributed by atoms with E-state index in [1.165, 1.54) is 0 Å². The summed E-state index contributed by atoms with van der Waals surface area (Å²) >= 11 is 0. The minimum absolute atomic E-state index is 0.0159. The van der Waals surface area contributed by atoms with Gasteiger partial charge in [0.2, 0.25) is 0 Å². The maximum absolute atomic E-state index is 11.8. The van der Waals surface area contributed by atoms with Crippen LogP contribution in [-0.4, -0.2) is 50.3 Å². The van der Waals surface area contributed by atoms with Crippen LogP contribution in [-0.2, 0) is 19.1 Å². The van der Waals surface area contributed by atoms with E-state index in [0.717, 1.165) is 70.9 Å². The maximum Gasteiger partial charge on any atom is 0.308 e. The van der Waals surface area contributed by atoms with E-state index in [-0.39, 0.29) is 23.8 Å². The molecule has 27 heavy (non-hydrogen) atoms. The fourth-order valence-corrected chi connectivity index (χ4v) is 4.29. The van der Waals surface area contributed by atoms with Crippen molar-refractivity contribution in [1.29, 1.82) is 0 Å². The van der Waals surface area contributed by atoms with Gasteiger partial charge in [0, 0.05) is 12.1 Å². The van der Waals surface area contributed by atoms with Crippen LogP contribution in [0.15, 0.2) is 0 Å². The normalized spacial score (nSPS) is 28.5. The van der Waals surface area contributed by atoms with Crippen molar-refractivity contribution in [2.45, 2.75) is 83.7 Å². The van der Waals surface area contributed by atoms with E-state index in [0.29, 0.717) is 25.3 Å². The Bertz CT molecular complexity index is 401. The van der Waals surface area contributed by atoms with Crippen LogP contribution < -0.4 is 10.6 Å². The van der Waals surface area contributed by atoms with Crippen LogP contribution >= 0.6 is 0 Å². The first kappa shape index (κ1) is 22.2. The zero-order valence-electron chi connectivity index (χ0n) is 17.1. The van der Waals surface area contributed by atoms with E-state index in [9.17, 15) is 9.59 Å². The Labute approximate surface area is 164 Å². The summed E-state index contributed by atoms with van der Waals surface area (Å²) in [5.41, 5.74) is 0. The monoisotopic (exact) mass is 382 g/mol. The largest absolute Gasteiger partial charge is 0.466 e. The first-order valence-corrected chi connectivity index (χ1v) is 10.9. The second kappa shape index (κ2) is 12.3.